The normalized spacial score (nSPS) is 24.5. The van der Waals surface area contributed by atoms with Crippen LogP contribution in [0.1, 0.15) is 29.6 Å². The molecule has 2 saturated carbocycles. The third kappa shape index (κ3) is 4.30. The van der Waals surface area contributed by atoms with Gasteiger partial charge in [0.05, 0.1) is 10.9 Å². The first kappa shape index (κ1) is 21.1. The maximum absolute atomic E-state index is 13.1. The predicted molar refractivity (Wildman–Crippen MR) is 117 cm³/mol. The third-order valence-corrected chi connectivity index (χ3v) is 7.33. The molecular weight excluding hydrogens is 470 g/mol. The van der Waals surface area contributed by atoms with Gasteiger partial charge in [-0.1, -0.05) is 41.9 Å². The summed E-state index contributed by atoms with van der Waals surface area (Å²) in [6.45, 7) is -0.396. The first-order valence-electron chi connectivity index (χ1n) is 9.95. The van der Waals surface area contributed by atoms with Crippen LogP contribution < -0.4 is 5.32 Å². The number of rotatable bonds is 6. The summed E-state index contributed by atoms with van der Waals surface area (Å²) in [4.78, 5) is 38.2. The van der Waals surface area contributed by atoms with E-state index in [4.69, 9.17) is 16.3 Å². The average Bonchev–Trinajstić information content (AvgIpc) is 3.36. The molecule has 0 unspecified atom stereocenters. The van der Waals surface area contributed by atoms with Crippen LogP contribution in [-0.2, 0) is 14.3 Å². The summed E-state index contributed by atoms with van der Waals surface area (Å²) in [6, 6.07) is 14.1. The van der Waals surface area contributed by atoms with Crippen LogP contribution in [0.5, 0.6) is 0 Å². The van der Waals surface area contributed by atoms with Gasteiger partial charge in [0.1, 0.15) is 0 Å². The summed E-state index contributed by atoms with van der Waals surface area (Å²) in [5.41, 5.74) is 1.14. The molecule has 30 heavy (non-hydrogen) atoms. The number of carbonyl (C=O) groups is 3. The molecule has 4 rings (SSSR count). The number of Topliss-reactive ketones (excluding diaryl/α,β-unsaturated/α-hetero) is 1. The lowest BCUT2D eigenvalue weighted by molar-refractivity contribution is -0.154. The van der Waals surface area contributed by atoms with Gasteiger partial charge < -0.3 is 10.1 Å². The number of nitrogens with one attached hydrogen (secondary N) is 1. The second kappa shape index (κ2) is 8.90. The van der Waals surface area contributed by atoms with Crippen LogP contribution in [0, 0.1) is 23.7 Å². The Hall–Kier alpha value is -2.18. The number of anilines is 1. The Bertz CT molecular complexity index is 980. The van der Waals surface area contributed by atoms with Gasteiger partial charge in [-0.05, 0) is 65.2 Å². The molecule has 5 nitrogen and oxygen atoms in total. The molecule has 156 valence electrons. The molecule has 0 aromatic heterocycles. The molecule has 4 atom stereocenters. The smallest absolute Gasteiger partial charge is 0.310 e. The molecule has 1 amide bonds. The van der Waals surface area contributed by atoms with Gasteiger partial charge in [0.2, 0.25) is 0 Å². The van der Waals surface area contributed by atoms with Crippen LogP contribution in [0.25, 0.3) is 0 Å². The molecular formula is C23H21BrClNO4. The fraction of sp³-hybridized carbons (Fsp3) is 0.348. The minimum Gasteiger partial charge on any atom is -0.455 e. The third-order valence-electron chi connectivity index (χ3n) is 6.10. The van der Waals surface area contributed by atoms with Gasteiger partial charge in [0, 0.05) is 21.6 Å². The Labute approximate surface area is 188 Å². The van der Waals surface area contributed by atoms with E-state index in [2.05, 4.69) is 21.2 Å². The Morgan fingerprint density at radius 3 is 2.43 bits per heavy atom. The molecule has 2 fully saturated rings. The molecule has 0 spiro atoms. The Morgan fingerprint density at radius 2 is 1.73 bits per heavy atom. The zero-order valence-electron chi connectivity index (χ0n) is 16.1. The van der Waals surface area contributed by atoms with Crippen LogP contribution >= 0.6 is 27.5 Å². The number of ketones is 1. The van der Waals surface area contributed by atoms with Crippen molar-refractivity contribution in [2.24, 2.45) is 23.7 Å². The first-order valence-corrected chi connectivity index (χ1v) is 11.1. The molecule has 0 radical (unpaired) electrons. The predicted octanol–water partition coefficient (Wildman–Crippen LogP) is 5.13. The highest BCUT2D eigenvalue weighted by atomic mass is 79.9. The van der Waals surface area contributed by atoms with E-state index in [-0.39, 0.29) is 23.5 Å². The van der Waals surface area contributed by atoms with E-state index in [9.17, 15) is 14.4 Å². The first-order chi connectivity index (χ1) is 14.4. The van der Waals surface area contributed by atoms with Crippen LogP contribution in [0.4, 0.5) is 5.69 Å². The number of hydrogen-bond acceptors (Lipinski definition) is 4. The number of benzene rings is 2. The molecule has 2 aromatic carbocycles. The molecule has 2 aliphatic carbocycles. The van der Waals surface area contributed by atoms with Crippen molar-refractivity contribution in [3.63, 3.8) is 0 Å². The second-order valence-corrected chi connectivity index (χ2v) is 9.16. The lowest BCUT2D eigenvalue weighted by Gasteiger charge is -2.28. The molecule has 0 heterocycles. The lowest BCUT2D eigenvalue weighted by atomic mass is 9.75. The number of fused-ring (bicyclic) bond motifs is 2. The van der Waals surface area contributed by atoms with Crippen molar-refractivity contribution in [3.05, 3.63) is 63.6 Å². The zero-order chi connectivity index (χ0) is 21.3. The van der Waals surface area contributed by atoms with E-state index in [1.165, 1.54) is 0 Å². The summed E-state index contributed by atoms with van der Waals surface area (Å²) in [5.74, 6) is -1.40. The fourth-order valence-corrected chi connectivity index (χ4v) is 5.23. The summed E-state index contributed by atoms with van der Waals surface area (Å²) in [5, 5.41) is 3.13. The number of hydrogen-bond donors (Lipinski definition) is 1. The number of carbonyl (C=O) groups excluding carboxylic acids is 3. The molecule has 2 aromatic rings. The highest BCUT2D eigenvalue weighted by molar-refractivity contribution is 9.10. The van der Waals surface area contributed by atoms with Gasteiger partial charge >= 0.3 is 5.97 Å². The molecule has 1 N–H and O–H groups in total. The minimum absolute atomic E-state index is 0.00120. The summed E-state index contributed by atoms with van der Waals surface area (Å²) < 4.78 is 6.06. The van der Waals surface area contributed by atoms with Crippen LogP contribution in [0.15, 0.2) is 53.0 Å². The van der Waals surface area contributed by atoms with Crippen molar-refractivity contribution >= 4 is 50.9 Å². The minimum atomic E-state index is -0.480. The number of ether oxygens (including phenoxy) is 1. The highest BCUT2D eigenvalue weighted by Gasteiger charge is 2.54. The Balaban J connectivity index is 1.39. The maximum atomic E-state index is 13.1. The van der Waals surface area contributed by atoms with E-state index >= 15 is 0 Å². The summed E-state index contributed by atoms with van der Waals surface area (Å²) >= 11 is 9.32. The van der Waals surface area contributed by atoms with Gasteiger partial charge in [-0.25, -0.2) is 0 Å². The Kier molecular flexibility index (Phi) is 6.25. The zero-order valence-corrected chi connectivity index (χ0v) is 18.5. The SMILES string of the molecule is O=C(COC(=O)[C@@H]1[C@H]2CC[C@@H](C2)[C@H]1C(=O)c1ccccc1)Nc1ccc(Br)c(Cl)c1. The number of halogens is 2. The summed E-state index contributed by atoms with van der Waals surface area (Å²) in [6.07, 6.45) is 2.75. The quantitative estimate of drug-likeness (QED) is 0.450. The van der Waals surface area contributed by atoms with E-state index in [0.717, 1.165) is 23.7 Å². The topological polar surface area (TPSA) is 72.5 Å². The van der Waals surface area contributed by atoms with Crippen molar-refractivity contribution in [2.75, 3.05) is 11.9 Å². The molecule has 0 aliphatic heterocycles. The molecule has 0 saturated heterocycles. The van der Waals surface area contributed by atoms with E-state index in [0.29, 0.717) is 16.3 Å². The van der Waals surface area contributed by atoms with Gasteiger partial charge in [0.25, 0.3) is 5.91 Å². The van der Waals surface area contributed by atoms with Crippen molar-refractivity contribution in [1.29, 1.82) is 0 Å². The van der Waals surface area contributed by atoms with E-state index in [1.54, 1.807) is 30.3 Å². The van der Waals surface area contributed by atoms with Crippen molar-refractivity contribution < 1.29 is 19.1 Å². The molecule has 7 heteroatoms. The van der Waals surface area contributed by atoms with Crippen LogP contribution in [0.3, 0.4) is 0 Å². The van der Waals surface area contributed by atoms with Crippen molar-refractivity contribution in [3.8, 4) is 0 Å². The van der Waals surface area contributed by atoms with Gasteiger partial charge in [0.15, 0.2) is 12.4 Å². The van der Waals surface area contributed by atoms with Gasteiger partial charge in [-0.2, -0.15) is 0 Å². The Morgan fingerprint density at radius 1 is 1.03 bits per heavy atom. The molecule has 2 aliphatic rings. The van der Waals surface area contributed by atoms with Gasteiger partial charge in [-0.3, -0.25) is 14.4 Å². The van der Waals surface area contributed by atoms with Gasteiger partial charge in [-0.15, -0.1) is 0 Å². The van der Waals surface area contributed by atoms with E-state index in [1.807, 2.05) is 18.2 Å². The monoisotopic (exact) mass is 489 g/mol. The van der Waals surface area contributed by atoms with E-state index < -0.39 is 24.4 Å². The largest absolute Gasteiger partial charge is 0.455 e. The molecule has 2 bridgehead atoms. The highest BCUT2D eigenvalue weighted by Crippen LogP contribution is 2.53. The lowest BCUT2D eigenvalue weighted by Crippen LogP contribution is -2.37. The standard InChI is InChI=1S/C23H21BrClNO4/c24-17-9-8-16(11-18(17)25)26-19(27)12-30-23(29)21-15-7-6-14(10-15)20(21)22(28)13-4-2-1-3-5-13/h1-5,8-9,11,14-15,20-21H,6-7,10,12H2,(H,26,27)/t14-,15-,20+,21+/m0/s1. The maximum Gasteiger partial charge on any atom is 0.310 e. The fourth-order valence-electron chi connectivity index (χ4n) is 4.81. The second-order valence-electron chi connectivity index (χ2n) is 7.90. The number of amides is 1. The summed E-state index contributed by atoms with van der Waals surface area (Å²) in [7, 11) is 0. The van der Waals surface area contributed by atoms with Crippen LogP contribution in [0.2, 0.25) is 5.02 Å². The number of esters is 1. The van der Waals surface area contributed by atoms with Crippen molar-refractivity contribution in [2.45, 2.75) is 19.3 Å². The van der Waals surface area contributed by atoms with Crippen molar-refractivity contribution in [1.82, 2.24) is 0 Å². The average molecular weight is 491 g/mol. The van der Waals surface area contributed by atoms with Crippen LogP contribution in [-0.4, -0.2) is 24.3 Å².